The van der Waals surface area contributed by atoms with Gasteiger partial charge in [-0.25, -0.2) is 5.43 Å². The maximum atomic E-state index is 12.1. The lowest BCUT2D eigenvalue weighted by Crippen LogP contribution is -2.15. The molecule has 0 fully saturated rings. The first-order valence-electron chi connectivity index (χ1n) is 7.81. The Morgan fingerprint density at radius 1 is 1.12 bits per heavy atom. The Morgan fingerprint density at radius 3 is 2.64 bits per heavy atom. The number of anilines is 1. The molecule has 0 bridgehead atoms. The van der Waals surface area contributed by atoms with Crippen LogP contribution >= 0.6 is 0 Å². The lowest BCUT2D eigenvalue weighted by Gasteiger charge is -2.06. The van der Waals surface area contributed by atoms with Gasteiger partial charge in [-0.1, -0.05) is 42.5 Å². The second-order valence-electron chi connectivity index (χ2n) is 5.06. The SMILES string of the molecule is CCOc1ccccc1/C=N\Nc1nnc(-c2ccccc2)c(=O)[nH]1. The molecule has 0 spiro atoms. The van der Waals surface area contributed by atoms with Crippen molar-refractivity contribution in [3.63, 3.8) is 0 Å². The molecule has 1 aromatic heterocycles. The van der Waals surface area contributed by atoms with Gasteiger partial charge in [0.1, 0.15) is 5.75 Å². The summed E-state index contributed by atoms with van der Waals surface area (Å²) in [6, 6.07) is 16.7. The van der Waals surface area contributed by atoms with Crippen LogP contribution in [0, 0.1) is 0 Å². The molecule has 0 unspecified atom stereocenters. The van der Waals surface area contributed by atoms with E-state index >= 15 is 0 Å². The Labute approximate surface area is 144 Å². The second kappa shape index (κ2) is 7.87. The number of para-hydroxylation sites is 1. The zero-order valence-corrected chi connectivity index (χ0v) is 13.6. The third-order valence-corrected chi connectivity index (χ3v) is 3.34. The van der Waals surface area contributed by atoms with Gasteiger partial charge >= 0.3 is 0 Å². The maximum absolute atomic E-state index is 12.1. The van der Waals surface area contributed by atoms with Crippen LogP contribution in [0.5, 0.6) is 5.75 Å². The maximum Gasteiger partial charge on any atom is 0.279 e. The molecule has 0 saturated heterocycles. The monoisotopic (exact) mass is 335 g/mol. The fraction of sp³-hybridized carbons (Fsp3) is 0.111. The first kappa shape index (κ1) is 16.4. The Bertz CT molecular complexity index is 922. The van der Waals surface area contributed by atoms with Gasteiger partial charge in [-0.05, 0) is 19.1 Å². The molecule has 0 radical (unpaired) electrons. The summed E-state index contributed by atoms with van der Waals surface area (Å²) in [5.41, 5.74) is 4.11. The second-order valence-corrected chi connectivity index (χ2v) is 5.06. The molecule has 7 nitrogen and oxygen atoms in total. The Kier molecular flexibility index (Phi) is 5.16. The van der Waals surface area contributed by atoms with E-state index in [9.17, 15) is 4.79 Å². The van der Waals surface area contributed by atoms with Crippen LogP contribution in [-0.2, 0) is 0 Å². The molecule has 1 heterocycles. The molecule has 25 heavy (non-hydrogen) atoms. The molecule has 0 amide bonds. The molecule has 0 saturated carbocycles. The van der Waals surface area contributed by atoms with Gasteiger partial charge in [0.2, 0.25) is 5.95 Å². The van der Waals surface area contributed by atoms with Crippen molar-refractivity contribution in [2.75, 3.05) is 12.0 Å². The molecular formula is C18H17N5O2. The average Bonchev–Trinajstić information content (AvgIpc) is 2.64. The predicted molar refractivity (Wildman–Crippen MR) is 96.9 cm³/mol. The third-order valence-electron chi connectivity index (χ3n) is 3.34. The number of H-pyrrole nitrogens is 1. The molecule has 0 atom stereocenters. The number of nitrogens with one attached hydrogen (secondary N) is 2. The highest BCUT2D eigenvalue weighted by molar-refractivity contribution is 5.83. The molecule has 3 rings (SSSR count). The predicted octanol–water partition coefficient (Wildman–Crippen LogP) is 2.68. The number of aromatic amines is 1. The quantitative estimate of drug-likeness (QED) is 0.534. The highest BCUT2D eigenvalue weighted by atomic mass is 16.5. The van der Waals surface area contributed by atoms with Crippen LogP contribution in [0.25, 0.3) is 11.3 Å². The number of hydrogen-bond acceptors (Lipinski definition) is 6. The zero-order chi connectivity index (χ0) is 17.5. The van der Waals surface area contributed by atoms with Crippen LogP contribution in [-0.4, -0.2) is 28.0 Å². The highest BCUT2D eigenvalue weighted by Gasteiger charge is 2.06. The fourth-order valence-corrected chi connectivity index (χ4v) is 2.21. The van der Waals surface area contributed by atoms with Crippen molar-refractivity contribution in [2.45, 2.75) is 6.92 Å². The summed E-state index contributed by atoms with van der Waals surface area (Å²) in [6.45, 7) is 2.48. The fourth-order valence-electron chi connectivity index (χ4n) is 2.21. The van der Waals surface area contributed by atoms with E-state index in [2.05, 4.69) is 25.7 Å². The number of rotatable bonds is 6. The van der Waals surface area contributed by atoms with E-state index in [0.29, 0.717) is 12.2 Å². The van der Waals surface area contributed by atoms with E-state index in [4.69, 9.17) is 4.74 Å². The van der Waals surface area contributed by atoms with Crippen molar-refractivity contribution < 1.29 is 4.74 Å². The summed E-state index contributed by atoms with van der Waals surface area (Å²) in [5, 5.41) is 12.0. The molecule has 3 aromatic rings. The van der Waals surface area contributed by atoms with E-state index in [1.165, 1.54) is 0 Å². The minimum atomic E-state index is -0.339. The lowest BCUT2D eigenvalue weighted by atomic mass is 10.2. The molecule has 2 aromatic carbocycles. The van der Waals surface area contributed by atoms with Crippen molar-refractivity contribution in [1.29, 1.82) is 0 Å². The number of benzene rings is 2. The van der Waals surface area contributed by atoms with Crippen molar-refractivity contribution >= 4 is 12.2 Å². The standard InChI is InChI=1S/C18H17N5O2/c1-2-25-15-11-7-6-10-14(15)12-19-22-18-20-17(24)16(21-23-18)13-8-4-3-5-9-13/h3-12H,2H2,1H3,(H2,20,22,23,24)/b19-12-. The van der Waals surface area contributed by atoms with E-state index in [-0.39, 0.29) is 17.2 Å². The summed E-state index contributed by atoms with van der Waals surface area (Å²) < 4.78 is 5.52. The molecule has 0 aliphatic carbocycles. The van der Waals surface area contributed by atoms with Crippen molar-refractivity contribution in [2.24, 2.45) is 5.10 Å². The number of nitrogens with zero attached hydrogens (tertiary/aromatic N) is 3. The summed E-state index contributed by atoms with van der Waals surface area (Å²) in [7, 11) is 0. The van der Waals surface area contributed by atoms with Gasteiger partial charge in [-0.15, -0.1) is 10.2 Å². The summed E-state index contributed by atoms with van der Waals surface area (Å²) in [5.74, 6) is 0.893. The molecule has 2 N–H and O–H groups in total. The Morgan fingerprint density at radius 2 is 1.88 bits per heavy atom. The number of aromatic nitrogens is 3. The van der Waals surface area contributed by atoms with Gasteiger partial charge in [0.05, 0.1) is 12.8 Å². The molecule has 0 aliphatic rings. The lowest BCUT2D eigenvalue weighted by molar-refractivity contribution is 0.340. The topological polar surface area (TPSA) is 92.3 Å². The Balaban J connectivity index is 1.74. The minimum absolute atomic E-state index is 0.162. The van der Waals surface area contributed by atoms with Gasteiger partial charge in [-0.2, -0.15) is 5.10 Å². The van der Waals surface area contributed by atoms with Crippen molar-refractivity contribution in [3.8, 4) is 17.0 Å². The van der Waals surface area contributed by atoms with Gasteiger partial charge in [0.25, 0.3) is 5.56 Å². The van der Waals surface area contributed by atoms with Gasteiger partial charge in [0, 0.05) is 11.1 Å². The number of ether oxygens (including phenoxy) is 1. The van der Waals surface area contributed by atoms with Gasteiger partial charge in [-0.3, -0.25) is 9.78 Å². The average molecular weight is 335 g/mol. The first-order chi connectivity index (χ1) is 12.3. The van der Waals surface area contributed by atoms with Crippen LogP contribution in [0.2, 0.25) is 0 Å². The molecule has 126 valence electrons. The van der Waals surface area contributed by atoms with Crippen LogP contribution in [0.15, 0.2) is 64.5 Å². The largest absolute Gasteiger partial charge is 0.493 e. The first-order valence-corrected chi connectivity index (χ1v) is 7.81. The van der Waals surface area contributed by atoms with E-state index in [1.807, 2.05) is 49.4 Å². The van der Waals surface area contributed by atoms with Crippen LogP contribution in [0.1, 0.15) is 12.5 Å². The Hall–Kier alpha value is -3.48. The van der Waals surface area contributed by atoms with Crippen LogP contribution in [0.3, 0.4) is 0 Å². The van der Waals surface area contributed by atoms with Crippen molar-refractivity contribution in [1.82, 2.24) is 15.2 Å². The third kappa shape index (κ3) is 4.08. The highest BCUT2D eigenvalue weighted by Crippen LogP contribution is 2.15. The normalized spacial score (nSPS) is 10.8. The van der Waals surface area contributed by atoms with E-state index in [0.717, 1.165) is 11.3 Å². The summed E-state index contributed by atoms with van der Waals surface area (Å²) in [6.07, 6.45) is 1.59. The van der Waals surface area contributed by atoms with E-state index < -0.39 is 0 Å². The summed E-state index contributed by atoms with van der Waals surface area (Å²) >= 11 is 0. The molecular weight excluding hydrogens is 318 g/mol. The van der Waals surface area contributed by atoms with Crippen molar-refractivity contribution in [3.05, 3.63) is 70.5 Å². The smallest absolute Gasteiger partial charge is 0.279 e. The molecule has 7 heteroatoms. The van der Waals surface area contributed by atoms with Gasteiger partial charge < -0.3 is 4.74 Å². The van der Waals surface area contributed by atoms with Crippen LogP contribution in [0.4, 0.5) is 5.95 Å². The number of hydrazone groups is 1. The number of hydrogen-bond donors (Lipinski definition) is 2. The van der Waals surface area contributed by atoms with E-state index in [1.54, 1.807) is 18.3 Å². The zero-order valence-electron chi connectivity index (χ0n) is 13.6. The minimum Gasteiger partial charge on any atom is -0.493 e. The molecule has 0 aliphatic heterocycles. The summed E-state index contributed by atoms with van der Waals surface area (Å²) in [4.78, 5) is 14.8. The van der Waals surface area contributed by atoms with Crippen LogP contribution < -0.4 is 15.7 Å². The van der Waals surface area contributed by atoms with Gasteiger partial charge in [0.15, 0.2) is 5.69 Å².